The molecule has 105 valence electrons. The molecule has 1 aromatic heterocycles. The summed E-state index contributed by atoms with van der Waals surface area (Å²) in [4.78, 5) is 4.30. The van der Waals surface area contributed by atoms with Crippen molar-refractivity contribution in [2.24, 2.45) is 5.10 Å². The SMILES string of the molecule is Cc1cccc(C=NNC(=S)Nc2ccccc2)n1.[Cu+2]. The van der Waals surface area contributed by atoms with Crippen LogP contribution in [-0.4, -0.2) is 16.3 Å². The van der Waals surface area contributed by atoms with Crippen LogP contribution in [-0.2, 0) is 17.1 Å². The maximum absolute atomic E-state index is 5.12. The third-order valence-electron chi connectivity index (χ3n) is 2.30. The van der Waals surface area contributed by atoms with E-state index in [9.17, 15) is 0 Å². The van der Waals surface area contributed by atoms with Crippen molar-refractivity contribution in [2.45, 2.75) is 6.92 Å². The second-order valence-electron chi connectivity index (χ2n) is 3.89. The molecule has 0 amide bonds. The number of thiocarbonyl (C=S) groups is 1. The molecular weight excluding hydrogens is 320 g/mol. The van der Waals surface area contributed by atoms with E-state index in [1.165, 1.54) is 0 Å². The van der Waals surface area contributed by atoms with Gasteiger partial charge in [0, 0.05) is 11.4 Å². The number of aromatic nitrogens is 1. The van der Waals surface area contributed by atoms with Crippen LogP contribution in [0, 0.1) is 6.92 Å². The number of benzene rings is 1. The van der Waals surface area contributed by atoms with E-state index in [0.29, 0.717) is 5.11 Å². The summed E-state index contributed by atoms with van der Waals surface area (Å²) in [5.41, 5.74) is 5.41. The first kappa shape index (κ1) is 16.3. The molecule has 0 bridgehead atoms. The molecule has 0 unspecified atom stereocenters. The molecule has 0 spiro atoms. The second kappa shape index (κ2) is 8.43. The summed E-state index contributed by atoms with van der Waals surface area (Å²) >= 11 is 5.12. The van der Waals surface area contributed by atoms with E-state index in [-0.39, 0.29) is 17.1 Å². The van der Waals surface area contributed by atoms with Gasteiger partial charge in [-0.05, 0) is 43.4 Å². The minimum absolute atomic E-state index is 0. The molecule has 0 fully saturated rings. The van der Waals surface area contributed by atoms with Crippen molar-refractivity contribution in [2.75, 3.05) is 5.32 Å². The molecule has 2 aromatic rings. The molecular formula is C14H14CuN4S+2. The van der Waals surface area contributed by atoms with Gasteiger partial charge in [0.25, 0.3) is 0 Å². The van der Waals surface area contributed by atoms with E-state index in [0.717, 1.165) is 17.1 Å². The smallest absolute Gasteiger partial charge is 0.331 e. The Balaban J connectivity index is 0.00000200. The number of pyridine rings is 1. The number of para-hydroxylation sites is 1. The van der Waals surface area contributed by atoms with Crippen molar-refractivity contribution < 1.29 is 17.1 Å². The Bertz CT molecular complexity index is 587. The molecule has 2 N–H and O–H groups in total. The van der Waals surface area contributed by atoms with E-state index in [1.54, 1.807) is 6.21 Å². The summed E-state index contributed by atoms with van der Waals surface area (Å²) in [5.74, 6) is 0. The van der Waals surface area contributed by atoms with Gasteiger partial charge < -0.3 is 5.32 Å². The van der Waals surface area contributed by atoms with Gasteiger partial charge >= 0.3 is 17.1 Å². The number of rotatable bonds is 3. The summed E-state index contributed by atoms with van der Waals surface area (Å²) in [6, 6.07) is 15.4. The number of nitrogens with zero attached hydrogens (tertiary/aromatic N) is 2. The molecule has 0 atom stereocenters. The van der Waals surface area contributed by atoms with Crippen LogP contribution >= 0.6 is 12.2 Å². The number of nitrogens with one attached hydrogen (secondary N) is 2. The van der Waals surface area contributed by atoms with Crippen LogP contribution in [0.15, 0.2) is 53.6 Å². The molecule has 1 aromatic carbocycles. The number of aryl methyl sites for hydroxylation is 1. The van der Waals surface area contributed by atoms with Gasteiger partial charge in [-0.2, -0.15) is 5.10 Å². The Kier molecular flexibility index (Phi) is 6.87. The van der Waals surface area contributed by atoms with Gasteiger partial charge in [-0.3, -0.25) is 10.4 Å². The van der Waals surface area contributed by atoms with Gasteiger partial charge in [0.1, 0.15) is 0 Å². The topological polar surface area (TPSA) is 49.3 Å². The zero-order valence-corrected chi connectivity index (χ0v) is 12.6. The normalized spacial score (nSPS) is 9.85. The minimum Gasteiger partial charge on any atom is -0.331 e. The number of hydrazone groups is 1. The average Bonchev–Trinajstić information content (AvgIpc) is 2.40. The van der Waals surface area contributed by atoms with Gasteiger partial charge in [0.15, 0.2) is 5.11 Å². The molecule has 1 heterocycles. The fourth-order valence-electron chi connectivity index (χ4n) is 1.47. The number of hydrogen-bond donors (Lipinski definition) is 2. The first-order valence-corrected chi connectivity index (χ1v) is 6.23. The average molecular weight is 334 g/mol. The van der Waals surface area contributed by atoms with Crippen LogP contribution in [0.2, 0.25) is 0 Å². The Morgan fingerprint density at radius 2 is 1.90 bits per heavy atom. The zero-order chi connectivity index (χ0) is 13.5. The zero-order valence-electron chi connectivity index (χ0n) is 10.8. The molecule has 0 aliphatic carbocycles. The first-order valence-electron chi connectivity index (χ1n) is 5.83. The van der Waals surface area contributed by atoms with Gasteiger partial charge in [-0.15, -0.1) is 0 Å². The largest absolute Gasteiger partial charge is 2.00 e. The van der Waals surface area contributed by atoms with Crippen LogP contribution in [0.25, 0.3) is 0 Å². The summed E-state index contributed by atoms with van der Waals surface area (Å²) < 4.78 is 0. The summed E-state index contributed by atoms with van der Waals surface area (Å²) in [7, 11) is 0. The molecule has 4 nitrogen and oxygen atoms in total. The molecule has 6 heteroatoms. The second-order valence-corrected chi connectivity index (χ2v) is 4.30. The molecule has 2 rings (SSSR count). The Labute approximate surface area is 134 Å². The fraction of sp³-hybridized carbons (Fsp3) is 0.0714. The van der Waals surface area contributed by atoms with Gasteiger partial charge in [0.2, 0.25) is 0 Å². The van der Waals surface area contributed by atoms with Crippen LogP contribution in [0.5, 0.6) is 0 Å². The molecule has 0 aliphatic heterocycles. The Morgan fingerprint density at radius 1 is 1.15 bits per heavy atom. The van der Waals surface area contributed by atoms with Crippen molar-refractivity contribution in [3.8, 4) is 0 Å². The van der Waals surface area contributed by atoms with Crippen molar-refractivity contribution in [3.05, 3.63) is 59.9 Å². The van der Waals surface area contributed by atoms with E-state index in [1.807, 2.05) is 55.5 Å². The van der Waals surface area contributed by atoms with Crippen molar-refractivity contribution in [1.29, 1.82) is 0 Å². The van der Waals surface area contributed by atoms with E-state index in [4.69, 9.17) is 12.2 Å². The molecule has 0 aliphatic rings. The van der Waals surface area contributed by atoms with Crippen molar-refractivity contribution >= 4 is 29.2 Å². The predicted molar refractivity (Wildman–Crippen MR) is 82.4 cm³/mol. The van der Waals surface area contributed by atoms with Crippen molar-refractivity contribution in [3.63, 3.8) is 0 Å². The predicted octanol–water partition coefficient (Wildman–Crippen LogP) is 2.71. The third-order valence-corrected chi connectivity index (χ3v) is 2.50. The monoisotopic (exact) mass is 333 g/mol. The van der Waals surface area contributed by atoms with Crippen molar-refractivity contribution in [1.82, 2.24) is 10.4 Å². The van der Waals surface area contributed by atoms with E-state index < -0.39 is 0 Å². The standard InChI is InChI=1S/C14H14N4S.Cu/c1-11-6-5-9-13(16-11)10-15-18-14(19)17-12-7-3-2-4-8-12;/h2-10H,1H3,(H2,17,18,19);/q;+2. The van der Waals surface area contributed by atoms with Crippen LogP contribution in [0.3, 0.4) is 0 Å². The maximum Gasteiger partial charge on any atom is 2.00 e. The number of anilines is 1. The van der Waals surface area contributed by atoms with Crippen LogP contribution in [0.1, 0.15) is 11.4 Å². The van der Waals surface area contributed by atoms with E-state index in [2.05, 4.69) is 20.8 Å². The Morgan fingerprint density at radius 3 is 2.60 bits per heavy atom. The van der Waals surface area contributed by atoms with Gasteiger partial charge in [0.05, 0.1) is 11.9 Å². The first-order chi connectivity index (χ1) is 9.24. The maximum atomic E-state index is 5.12. The van der Waals surface area contributed by atoms with Gasteiger partial charge in [-0.25, -0.2) is 0 Å². The Hall–Kier alpha value is -1.75. The minimum atomic E-state index is 0. The third kappa shape index (κ3) is 5.48. The quantitative estimate of drug-likeness (QED) is 0.392. The molecule has 0 saturated heterocycles. The number of hydrogen-bond acceptors (Lipinski definition) is 3. The van der Waals surface area contributed by atoms with Gasteiger partial charge in [-0.1, -0.05) is 24.3 Å². The summed E-state index contributed by atoms with van der Waals surface area (Å²) in [6.07, 6.45) is 1.63. The van der Waals surface area contributed by atoms with Crippen LogP contribution in [0.4, 0.5) is 5.69 Å². The molecule has 20 heavy (non-hydrogen) atoms. The van der Waals surface area contributed by atoms with Crippen LogP contribution < -0.4 is 10.7 Å². The molecule has 1 radical (unpaired) electrons. The fourth-order valence-corrected chi connectivity index (χ4v) is 1.64. The molecule has 0 saturated carbocycles. The summed E-state index contributed by atoms with van der Waals surface area (Å²) in [6.45, 7) is 1.94. The van der Waals surface area contributed by atoms with E-state index >= 15 is 0 Å². The summed E-state index contributed by atoms with van der Waals surface area (Å²) in [5, 5.41) is 7.50.